The molecule has 0 saturated heterocycles. The van der Waals surface area contributed by atoms with E-state index in [0.717, 1.165) is 0 Å². The molecule has 86 valence electrons. The van der Waals surface area contributed by atoms with Crippen LogP contribution in [-0.4, -0.2) is 19.9 Å². The second-order valence-corrected chi connectivity index (χ2v) is 2.57. The van der Waals surface area contributed by atoms with Crippen LogP contribution in [0.5, 0.6) is 5.75 Å². The molecule has 0 fully saturated rings. The summed E-state index contributed by atoms with van der Waals surface area (Å²) in [5.41, 5.74) is -3.68. The normalized spacial score (nSPS) is 9.18. The first kappa shape index (κ1) is 15.2. The van der Waals surface area contributed by atoms with E-state index in [2.05, 4.69) is 0 Å². The van der Waals surface area contributed by atoms with Gasteiger partial charge in [0, 0.05) is 6.07 Å². The van der Waals surface area contributed by atoms with E-state index in [1.807, 2.05) is 0 Å². The van der Waals surface area contributed by atoms with Crippen LogP contribution in [0.4, 0.5) is 17.1 Å². The SMILES string of the molecule is O=[N+]([O-])c1ccc(O)c([N+](=O)[O-])c1[N+](=O)[O-].[H-].[Na+]. The van der Waals surface area contributed by atoms with Crippen LogP contribution in [-0.2, 0) is 0 Å². The van der Waals surface area contributed by atoms with Crippen LogP contribution in [0, 0.1) is 30.3 Å². The fourth-order valence-corrected chi connectivity index (χ4v) is 1.07. The molecule has 0 aliphatic rings. The molecule has 0 saturated carbocycles. The van der Waals surface area contributed by atoms with Crippen LogP contribution in [0.1, 0.15) is 1.43 Å². The summed E-state index contributed by atoms with van der Waals surface area (Å²) in [4.78, 5) is 27.7. The standard InChI is InChI=1S/C6H3N3O7.Na.H/c10-4-2-1-3(7(11)12)5(8(13)14)6(4)9(15)16;;/h1-2,10H;;/q;+1;-1. The second kappa shape index (κ2) is 5.52. The van der Waals surface area contributed by atoms with Crippen molar-refractivity contribution in [2.75, 3.05) is 0 Å². The van der Waals surface area contributed by atoms with Crippen LogP contribution < -0.4 is 29.6 Å². The average Bonchev–Trinajstić information content (AvgIpc) is 2.15. The monoisotopic (exact) mass is 253 g/mol. The van der Waals surface area contributed by atoms with Crippen molar-refractivity contribution in [2.24, 2.45) is 0 Å². The summed E-state index contributed by atoms with van der Waals surface area (Å²) in [7, 11) is 0. The molecule has 1 aromatic carbocycles. The molecule has 0 aliphatic heterocycles. The maximum Gasteiger partial charge on any atom is 1.00 e. The summed E-state index contributed by atoms with van der Waals surface area (Å²) in [5.74, 6) is -0.998. The van der Waals surface area contributed by atoms with E-state index in [4.69, 9.17) is 5.11 Å². The first-order chi connectivity index (χ1) is 7.36. The molecule has 11 heteroatoms. The van der Waals surface area contributed by atoms with Crippen LogP contribution in [0.3, 0.4) is 0 Å². The molecule has 17 heavy (non-hydrogen) atoms. The van der Waals surface area contributed by atoms with Crippen molar-refractivity contribution in [3.63, 3.8) is 0 Å². The molecule has 0 aromatic heterocycles. The molecule has 1 N–H and O–H groups in total. The first-order valence-corrected chi connectivity index (χ1v) is 3.65. The molecule has 0 aliphatic carbocycles. The summed E-state index contributed by atoms with van der Waals surface area (Å²) in [5, 5.41) is 40.4. The third-order valence-corrected chi connectivity index (χ3v) is 1.67. The number of nitro groups is 3. The number of nitro benzene ring substituents is 3. The Morgan fingerprint density at radius 1 is 0.941 bits per heavy atom. The molecular weight excluding hydrogens is 249 g/mol. The Hall–Kier alpha value is -1.78. The number of nitrogens with zero attached hydrogens (tertiary/aromatic N) is 3. The number of aromatic hydroxyl groups is 1. The molecule has 10 nitrogen and oxygen atoms in total. The van der Waals surface area contributed by atoms with Gasteiger partial charge in [0.2, 0.25) is 5.75 Å². The minimum atomic E-state index is -1.34. The van der Waals surface area contributed by atoms with Gasteiger partial charge in [-0.1, -0.05) is 0 Å². The topological polar surface area (TPSA) is 150 Å². The Morgan fingerprint density at radius 3 is 1.76 bits per heavy atom. The summed E-state index contributed by atoms with van der Waals surface area (Å²) in [6.07, 6.45) is 0. The van der Waals surface area contributed by atoms with Crippen LogP contribution in [0.25, 0.3) is 0 Å². The Morgan fingerprint density at radius 2 is 1.41 bits per heavy atom. The fourth-order valence-electron chi connectivity index (χ4n) is 1.07. The molecule has 0 atom stereocenters. The predicted molar refractivity (Wildman–Crippen MR) is 49.2 cm³/mol. The van der Waals surface area contributed by atoms with Crippen LogP contribution >= 0.6 is 0 Å². The molecular formula is C6H4N3NaO7. The Balaban J connectivity index is 0. The molecule has 0 radical (unpaired) electrons. The molecule has 0 bridgehead atoms. The molecule has 1 aromatic rings. The minimum Gasteiger partial charge on any atom is -1.00 e. The van der Waals surface area contributed by atoms with E-state index in [-0.39, 0.29) is 31.0 Å². The zero-order valence-electron chi connectivity index (χ0n) is 9.39. The summed E-state index contributed by atoms with van der Waals surface area (Å²) in [6.45, 7) is 0. The molecule has 0 unspecified atom stereocenters. The summed E-state index contributed by atoms with van der Waals surface area (Å²) in [6, 6.07) is 1.28. The smallest absolute Gasteiger partial charge is 1.00 e. The average molecular weight is 253 g/mol. The van der Waals surface area contributed by atoms with E-state index in [1.54, 1.807) is 0 Å². The zero-order chi connectivity index (χ0) is 12.5. The van der Waals surface area contributed by atoms with Gasteiger partial charge in [-0.05, 0) is 6.07 Å². The summed E-state index contributed by atoms with van der Waals surface area (Å²) < 4.78 is 0. The fraction of sp³-hybridized carbons (Fsp3) is 0. The van der Waals surface area contributed by atoms with Crippen LogP contribution in [0.15, 0.2) is 12.1 Å². The Kier molecular flexibility index (Phi) is 4.94. The molecule has 0 spiro atoms. The van der Waals surface area contributed by atoms with Crippen molar-refractivity contribution < 1.29 is 50.9 Å². The van der Waals surface area contributed by atoms with Gasteiger partial charge in [-0.25, -0.2) is 0 Å². The van der Waals surface area contributed by atoms with Gasteiger partial charge in [0.15, 0.2) is 0 Å². The maximum absolute atomic E-state index is 10.5. The van der Waals surface area contributed by atoms with E-state index < -0.39 is 37.6 Å². The van der Waals surface area contributed by atoms with E-state index in [1.165, 1.54) is 0 Å². The predicted octanol–water partition coefficient (Wildman–Crippen LogP) is -1.77. The Bertz CT molecular complexity index is 508. The van der Waals surface area contributed by atoms with Crippen molar-refractivity contribution in [1.29, 1.82) is 0 Å². The first-order valence-electron chi connectivity index (χ1n) is 3.65. The number of hydrogen-bond donors (Lipinski definition) is 1. The van der Waals surface area contributed by atoms with Gasteiger partial charge in [0.25, 0.3) is 0 Å². The van der Waals surface area contributed by atoms with E-state index in [0.29, 0.717) is 12.1 Å². The molecule has 0 heterocycles. The van der Waals surface area contributed by atoms with Gasteiger partial charge >= 0.3 is 46.6 Å². The van der Waals surface area contributed by atoms with Gasteiger partial charge in [-0.2, -0.15) is 0 Å². The number of phenols is 1. The number of hydrogen-bond acceptors (Lipinski definition) is 7. The van der Waals surface area contributed by atoms with Crippen molar-refractivity contribution in [2.45, 2.75) is 0 Å². The summed E-state index contributed by atoms with van der Waals surface area (Å²) >= 11 is 0. The Labute approximate surface area is 116 Å². The number of phenolic OH excluding ortho intramolecular Hbond substituents is 1. The quantitative estimate of drug-likeness (QED) is 0.380. The minimum absolute atomic E-state index is 0. The maximum atomic E-state index is 10.5. The number of rotatable bonds is 3. The van der Waals surface area contributed by atoms with Gasteiger partial charge in [0.1, 0.15) is 0 Å². The van der Waals surface area contributed by atoms with Crippen LogP contribution in [0.2, 0.25) is 0 Å². The van der Waals surface area contributed by atoms with Crippen molar-refractivity contribution >= 4 is 17.1 Å². The van der Waals surface area contributed by atoms with Gasteiger partial charge < -0.3 is 6.53 Å². The number of benzene rings is 1. The van der Waals surface area contributed by atoms with Crippen molar-refractivity contribution in [3.8, 4) is 5.75 Å². The third-order valence-electron chi connectivity index (χ3n) is 1.67. The third kappa shape index (κ3) is 2.87. The zero-order valence-corrected chi connectivity index (χ0v) is 10.4. The largest absolute Gasteiger partial charge is 1.00 e. The van der Waals surface area contributed by atoms with Gasteiger partial charge in [-0.15, -0.1) is 0 Å². The van der Waals surface area contributed by atoms with E-state index >= 15 is 0 Å². The molecule has 1 rings (SSSR count). The van der Waals surface area contributed by atoms with E-state index in [9.17, 15) is 30.3 Å². The van der Waals surface area contributed by atoms with Gasteiger partial charge in [0.05, 0.1) is 14.8 Å². The van der Waals surface area contributed by atoms with Gasteiger partial charge in [-0.3, -0.25) is 30.3 Å². The van der Waals surface area contributed by atoms with Crippen molar-refractivity contribution in [3.05, 3.63) is 42.5 Å². The second-order valence-electron chi connectivity index (χ2n) is 2.57. The van der Waals surface area contributed by atoms with Crippen molar-refractivity contribution in [1.82, 2.24) is 0 Å². The molecule has 0 amide bonds.